The summed E-state index contributed by atoms with van der Waals surface area (Å²) in [5, 5.41) is 7.02. The third kappa shape index (κ3) is 8.94. The van der Waals surface area contributed by atoms with Crippen LogP contribution in [0.25, 0.3) is 0 Å². The quantitative estimate of drug-likeness (QED) is 0.309. The number of halogens is 1. The van der Waals surface area contributed by atoms with Crippen LogP contribution in [0.1, 0.15) is 45.1 Å². The first-order chi connectivity index (χ1) is 13.1. The largest absolute Gasteiger partial charge is 0.357 e. The van der Waals surface area contributed by atoms with Crippen LogP contribution in [-0.2, 0) is 0 Å². The van der Waals surface area contributed by atoms with Crippen molar-refractivity contribution < 1.29 is 0 Å². The molecule has 1 fully saturated rings. The number of nitrogens with zero attached hydrogens (tertiary/aromatic N) is 4. The van der Waals surface area contributed by atoms with Crippen molar-refractivity contribution in [3.63, 3.8) is 0 Å². The first kappa shape index (κ1) is 24.9. The van der Waals surface area contributed by atoms with Crippen molar-refractivity contribution in [1.29, 1.82) is 0 Å². The minimum Gasteiger partial charge on any atom is -0.357 e. The molecule has 160 valence electrons. The van der Waals surface area contributed by atoms with Crippen LogP contribution in [0.5, 0.6) is 0 Å². The summed E-state index contributed by atoms with van der Waals surface area (Å²) in [6.07, 6.45) is 6.67. The van der Waals surface area contributed by atoms with Crippen molar-refractivity contribution >= 4 is 35.8 Å². The summed E-state index contributed by atoms with van der Waals surface area (Å²) in [5.74, 6) is 2.04. The Morgan fingerprint density at radius 2 is 2.00 bits per heavy atom. The van der Waals surface area contributed by atoms with Crippen molar-refractivity contribution in [3.05, 3.63) is 23.9 Å². The molecule has 0 radical (unpaired) electrons. The summed E-state index contributed by atoms with van der Waals surface area (Å²) in [7, 11) is 2.18. The van der Waals surface area contributed by atoms with Gasteiger partial charge in [-0.05, 0) is 58.3 Å². The van der Waals surface area contributed by atoms with Gasteiger partial charge in [0.25, 0.3) is 0 Å². The van der Waals surface area contributed by atoms with Gasteiger partial charge < -0.3 is 20.4 Å². The molecule has 0 spiro atoms. The molecular weight excluding hydrogens is 463 g/mol. The Morgan fingerprint density at radius 3 is 2.61 bits per heavy atom. The number of hydrogen-bond donors (Lipinski definition) is 2. The summed E-state index contributed by atoms with van der Waals surface area (Å²) >= 11 is 0. The van der Waals surface area contributed by atoms with Gasteiger partial charge in [0.1, 0.15) is 5.82 Å². The molecule has 1 aliphatic heterocycles. The number of aromatic nitrogens is 1. The first-order valence-electron chi connectivity index (χ1n) is 10.5. The Hall–Kier alpha value is -1.09. The van der Waals surface area contributed by atoms with E-state index in [4.69, 9.17) is 4.99 Å². The van der Waals surface area contributed by atoms with Crippen LogP contribution in [-0.4, -0.2) is 68.2 Å². The van der Waals surface area contributed by atoms with E-state index in [-0.39, 0.29) is 24.0 Å². The van der Waals surface area contributed by atoms with Crippen molar-refractivity contribution in [1.82, 2.24) is 20.5 Å². The van der Waals surface area contributed by atoms with Crippen LogP contribution < -0.4 is 15.5 Å². The zero-order chi connectivity index (χ0) is 19.5. The number of anilines is 1. The number of rotatable bonds is 9. The minimum atomic E-state index is 0. The van der Waals surface area contributed by atoms with Gasteiger partial charge in [-0.3, -0.25) is 4.99 Å². The maximum Gasteiger partial charge on any atom is 0.191 e. The number of pyridine rings is 1. The lowest BCUT2D eigenvalue weighted by atomic mass is 10.1. The maximum atomic E-state index is 4.77. The highest BCUT2D eigenvalue weighted by atomic mass is 127. The Labute approximate surface area is 188 Å². The van der Waals surface area contributed by atoms with Gasteiger partial charge in [0, 0.05) is 38.4 Å². The molecule has 0 aliphatic carbocycles. The second-order valence-corrected chi connectivity index (χ2v) is 7.52. The van der Waals surface area contributed by atoms with E-state index in [2.05, 4.69) is 65.4 Å². The fourth-order valence-corrected chi connectivity index (χ4v) is 3.29. The minimum absolute atomic E-state index is 0. The lowest BCUT2D eigenvalue weighted by Crippen LogP contribution is -2.49. The highest BCUT2D eigenvalue weighted by molar-refractivity contribution is 14.0. The third-order valence-electron chi connectivity index (χ3n) is 5.04. The number of piperidine rings is 1. The molecular formula is C21H39IN6. The summed E-state index contributed by atoms with van der Waals surface area (Å²) in [4.78, 5) is 14.1. The summed E-state index contributed by atoms with van der Waals surface area (Å²) < 4.78 is 0. The molecule has 1 aromatic rings. The molecule has 0 unspecified atom stereocenters. The van der Waals surface area contributed by atoms with E-state index in [1.165, 1.54) is 18.4 Å². The fraction of sp³-hybridized carbons (Fsp3) is 0.714. The molecule has 1 aliphatic rings. The molecule has 2 rings (SSSR count). The standard InChI is InChI=1S/C21H38N6.HI/c1-5-7-13-26(4)16-12-23-21(22-6-2)25-19-10-14-27(15-11-19)20-9-8-18(3)17-24-20;/h8-9,17,19H,5-7,10-16H2,1-4H3,(H2,22,23,25);1H. The molecule has 0 atom stereocenters. The van der Waals surface area contributed by atoms with Crippen molar-refractivity contribution in [2.45, 2.75) is 52.5 Å². The van der Waals surface area contributed by atoms with E-state index in [0.717, 1.165) is 63.9 Å². The molecule has 2 N–H and O–H groups in total. The molecule has 1 saturated heterocycles. The monoisotopic (exact) mass is 502 g/mol. The van der Waals surface area contributed by atoms with Gasteiger partial charge in [0.05, 0.1) is 6.54 Å². The van der Waals surface area contributed by atoms with E-state index in [9.17, 15) is 0 Å². The van der Waals surface area contributed by atoms with E-state index in [0.29, 0.717) is 6.04 Å². The average Bonchev–Trinajstić information content (AvgIpc) is 2.68. The molecule has 6 nitrogen and oxygen atoms in total. The highest BCUT2D eigenvalue weighted by Crippen LogP contribution is 2.17. The second-order valence-electron chi connectivity index (χ2n) is 7.52. The zero-order valence-corrected chi connectivity index (χ0v) is 20.4. The Kier molecular flexibility index (Phi) is 12.5. The Balaban J connectivity index is 0.00000392. The summed E-state index contributed by atoms with van der Waals surface area (Å²) in [6.45, 7) is 12.4. The molecule has 0 aromatic carbocycles. The van der Waals surface area contributed by atoms with E-state index in [1.807, 2.05) is 6.20 Å². The van der Waals surface area contributed by atoms with Crippen molar-refractivity contribution in [3.8, 4) is 0 Å². The van der Waals surface area contributed by atoms with Gasteiger partial charge in [-0.15, -0.1) is 24.0 Å². The van der Waals surface area contributed by atoms with Crippen LogP contribution >= 0.6 is 24.0 Å². The third-order valence-corrected chi connectivity index (χ3v) is 5.04. The van der Waals surface area contributed by atoms with Crippen LogP contribution in [0.2, 0.25) is 0 Å². The molecule has 2 heterocycles. The lowest BCUT2D eigenvalue weighted by Gasteiger charge is -2.33. The number of aryl methyl sites for hydroxylation is 1. The second kappa shape index (κ2) is 14.0. The Bertz CT molecular complexity index is 555. The normalized spacial score (nSPS) is 15.5. The SMILES string of the molecule is CCCCN(C)CCN=C(NCC)NC1CCN(c2ccc(C)cn2)CC1.I. The van der Waals surface area contributed by atoms with Crippen LogP contribution in [0.15, 0.2) is 23.3 Å². The zero-order valence-electron chi connectivity index (χ0n) is 18.1. The molecule has 0 bridgehead atoms. The molecule has 0 saturated carbocycles. The maximum absolute atomic E-state index is 4.77. The van der Waals surface area contributed by atoms with Crippen LogP contribution in [0.4, 0.5) is 5.82 Å². The smallest absolute Gasteiger partial charge is 0.191 e. The Morgan fingerprint density at radius 1 is 1.25 bits per heavy atom. The predicted octanol–water partition coefficient (Wildman–Crippen LogP) is 3.26. The van der Waals surface area contributed by atoms with Crippen molar-refractivity contribution in [2.75, 3.05) is 51.2 Å². The number of unbranched alkanes of at least 4 members (excludes halogenated alkanes) is 1. The first-order valence-corrected chi connectivity index (χ1v) is 10.5. The lowest BCUT2D eigenvalue weighted by molar-refractivity contribution is 0.337. The van der Waals surface area contributed by atoms with Gasteiger partial charge in [-0.2, -0.15) is 0 Å². The van der Waals surface area contributed by atoms with E-state index >= 15 is 0 Å². The molecule has 7 heteroatoms. The highest BCUT2D eigenvalue weighted by Gasteiger charge is 2.20. The van der Waals surface area contributed by atoms with E-state index in [1.54, 1.807) is 0 Å². The van der Waals surface area contributed by atoms with Gasteiger partial charge in [0.2, 0.25) is 0 Å². The number of guanidine groups is 1. The van der Waals surface area contributed by atoms with E-state index < -0.39 is 0 Å². The van der Waals surface area contributed by atoms with Gasteiger partial charge in [0.15, 0.2) is 5.96 Å². The topological polar surface area (TPSA) is 55.8 Å². The fourth-order valence-electron chi connectivity index (χ4n) is 3.29. The average molecular weight is 502 g/mol. The van der Waals surface area contributed by atoms with Gasteiger partial charge in [-0.25, -0.2) is 4.98 Å². The molecule has 1 aromatic heterocycles. The summed E-state index contributed by atoms with van der Waals surface area (Å²) in [6, 6.07) is 4.74. The summed E-state index contributed by atoms with van der Waals surface area (Å²) in [5.41, 5.74) is 1.21. The predicted molar refractivity (Wildman–Crippen MR) is 131 cm³/mol. The molecule has 28 heavy (non-hydrogen) atoms. The van der Waals surface area contributed by atoms with Crippen LogP contribution in [0.3, 0.4) is 0 Å². The number of likely N-dealkylation sites (N-methyl/N-ethyl adjacent to an activating group) is 1. The molecule has 0 amide bonds. The number of hydrogen-bond acceptors (Lipinski definition) is 4. The number of nitrogens with one attached hydrogen (secondary N) is 2. The van der Waals surface area contributed by atoms with Gasteiger partial charge >= 0.3 is 0 Å². The van der Waals surface area contributed by atoms with Crippen molar-refractivity contribution in [2.24, 2.45) is 4.99 Å². The van der Waals surface area contributed by atoms with Gasteiger partial charge in [-0.1, -0.05) is 19.4 Å². The van der Waals surface area contributed by atoms with Crippen LogP contribution in [0, 0.1) is 6.92 Å². The number of aliphatic imine (C=N–C) groups is 1.